The molecule has 7 heteroatoms. The fraction of sp³-hybridized carbons (Fsp3) is 0.400. The van der Waals surface area contributed by atoms with Gasteiger partial charge in [0.05, 0.1) is 12.0 Å². The Bertz CT molecular complexity index is 642. The molecule has 0 radical (unpaired) electrons. The lowest BCUT2D eigenvalue weighted by molar-refractivity contribution is -0.119. The Morgan fingerprint density at radius 2 is 2.09 bits per heavy atom. The first kappa shape index (κ1) is 15.1. The van der Waals surface area contributed by atoms with E-state index in [0.717, 1.165) is 10.6 Å². The number of hydrogen-bond acceptors (Lipinski definition) is 6. The predicted octanol–water partition coefficient (Wildman–Crippen LogP) is 2.07. The molecule has 1 aliphatic rings. The van der Waals surface area contributed by atoms with Crippen LogP contribution in [0.5, 0.6) is 0 Å². The quantitative estimate of drug-likeness (QED) is 0.804. The van der Waals surface area contributed by atoms with Gasteiger partial charge in [0.2, 0.25) is 11.0 Å². The lowest BCUT2D eigenvalue weighted by atomic mass is 9.94. The van der Waals surface area contributed by atoms with Gasteiger partial charge in [0.1, 0.15) is 5.01 Å². The zero-order chi connectivity index (χ0) is 15.5. The van der Waals surface area contributed by atoms with Gasteiger partial charge >= 0.3 is 0 Å². The largest absolute Gasteiger partial charge is 0.300 e. The summed E-state index contributed by atoms with van der Waals surface area (Å²) in [4.78, 5) is 12.5. The maximum absolute atomic E-state index is 12.5. The second kappa shape index (κ2) is 6.51. The molecule has 0 saturated carbocycles. The van der Waals surface area contributed by atoms with Crippen molar-refractivity contribution in [2.45, 2.75) is 25.8 Å². The lowest BCUT2D eigenvalue weighted by Gasteiger charge is -2.17. The Morgan fingerprint density at radius 1 is 1.32 bits per heavy atom. The summed E-state index contributed by atoms with van der Waals surface area (Å²) in [6.07, 6.45) is 0. The first-order valence-corrected chi connectivity index (χ1v) is 8.14. The highest BCUT2D eigenvalue weighted by Gasteiger charge is 2.34. The third-order valence-electron chi connectivity index (χ3n) is 3.64. The minimum absolute atomic E-state index is 0.0429. The van der Waals surface area contributed by atoms with Crippen LogP contribution in [0.2, 0.25) is 0 Å². The van der Waals surface area contributed by atoms with Crippen molar-refractivity contribution in [3.05, 3.63) is 40.9 Å². The van der Waals surface area contributed by atoms with E-state index in [1.807, 2.05) is 30.3 Å². The second-order valence-corrected chi connectivity index (χ2v) is 6.62. The molecule has 0 spiro atoms. The zero-order valence-corrected chi connectivity index (χ0v) is 13.4. The Morgan fingerprint density at radius 3 is 2.77 bits per heavy atom. The number of aromatic nitrogens is 2. The van der Waals surface area contributed by atoms with E-state index in [0.29, 0.717) is 17.6 Å². The standard InChI is InChI=1S/C15H19N5OS/c1-9(2)14-19-20-15(22-14)17-13(21)11-8-16-18-12(11)10-6-4-3-5-7-10/h3-7,9,11-12,16,18H,8H2,1-2H3,(H,17,20,21). The van der Waals surface area contributed by atoms with E-state index in [9.17, 15) is 4.79 Å². The van der Waals surface area contributed by atoms with Crippen molar-refractivity contribution < 1.29 is 4.79 Å². The van der Waals surface area contributed by atoms with E-state index >= 15 is 0 Å². The zero-order valence-electron chi connectivity index (χ0n) is 12.5. The molecule has 1 aromatic heterocycles. The van der Waals surface area contributed by atoms with Crippen molar-refractivity contribution >= 4 is 22.4 Å². The predicted molar refractivity (Wildman–Crippen MR) is 86.4 cm³/mol. The number of benzene rings is 1. The minimum Gasteiger partial charge on any atom is -0.300 e. The summed E-state index contributed by atoms with van der Waals surface area (Å²) in [6, 6.07) is 9.92. The van der Waals surface area contributed by atoms with Crippen molar-refractivity contribution in [2.75, 3.05) is 11.9 Å². The van der Waals surface area contributed by atoms with E-state index in [-0.39, 0.29) is 17.9 Å². The van der Waals surface area contributed by atoms with E-state index in [2.05, 4.69) is 40.2 Å². The summed E-state index contributed by atoms with van der Waals surface area (Å²) < 4.78 is 0. The number of carbonyl (C=O) groups is 1. The molecule has 0 aliphatic carbocycles. The van der Waals surface area contributed by atoms with Gasteiger partial charge in [-0.2, -0.15) is 0 Å². The third-order valence-corrected chi connectivity index (χ3v) is 4.78. The van der Waals surface area contributed by atoms with Crippen molar-refractivity contribution in [1.82, 2.24) is 21.0 Å². The van der Waals surface area contributed by atoms with Gasteiger partial charge in [0, 0.05) is 12.5 Å². The highest BCUT2D eigenvalue weighted by molar-refractivity contribution is 7.15. The maximum atomic E-state index is 12.5. The van der Waals surface area contributed by atoms with Crippen molar-refractivity contribution in [1.29, 1.82) is 0 Å². The first-order chi connectivity index (χ1) is 10.6. The number of rotatable bonds is 4. The molecule has 2 atom stereocenters. The van der Waals surface area contributed by atoms with Crippen molar-refractivity contribution in [2.24, 2.45) is 5.92 Å². The molecule has 1 amide bonds. The van der Waals surface area contributed by atoms with E-state index < -0.39 is 0 Å². The van der Waals surface area contributed by atoms with Crippen LogP contribution in [0, 0.1) is 5.92 Å². The molecule has 22 heavy (non-hydrogen) atoms. The molecule has 0 bridgehead atoms. The second-order valence-electron chi connectivity index (χ2n) is 5.61. The van der Waals surface area contributed by atoms with Gasteiger partial charge in [-0.15, -0.1) is 10.2 Å². The monoisotopic (exact) mass is 317 g/mol. The number of hydrogen-bond donors (Lipinski definition) is 3. The molecule has 1 aromatic carbocycles. The topological polar surface area (TPSA) is 78.9 Å². The van der Waals surface area contributed by atoms with Crippen LogP contribution in [-0.4, -0.2) is 22.6 Å². The first-order valence-electron chi connectivity index (χ1n) is 7.32. The van der Waals surface area contributed by atoms with Gasteiger partial charge in [-0.1, -0.05) is 55.5 Å². The summed E-state index contributed by atoms with van der Waals surface area (Å²) in [5.41, 5.74) is 7.33. The fourth-order valence-electron chi connectivity index (χ4n) is 2.43. The molecule has 3 rings (SSSR count). The maximum Gasteiger partial charge on any atom is 0.232 e. The SMILES string of the molecule is CC(C)c1nnc(NC(=O)C2CNNC2c2ccccc2)s1. The molecule has 3 N–H and O–H groups in total. The van der Waals surface area contributed by atoms with Gasteiger partial charge in [0.25, 0.3) is 0 Å². The van der Waals surface area contributed by atoms with Gasteiger partial charge in [0.15, 0.2) is 0 Å². The van der Waals surface area contributed by atoms with Gasteiger partial charge in [-0.25, -0.2) is 5.43 Å². The van der Waals surface area contributed by atoms with Crippen LogP contribution in [0.3, 0.4) is 0 Å². The van der Waals surface area contributed by atoms with Crippen LogP contribution in [0.15, 0.2) is 30.3 Å². The summed E-state index contributed by atoms with van der Waals surface area (Å²) in [7, 11) is 0. The van der Waals surface area contributed by atoms with Gasteiger partial charge < -0.3 is 5.32 Å². The lowest BCUT2D eigenvalue weighted by Crippen LogP contribution is -2.29. The van der Waals surface area contributed by atoms with Gasteiger partial charge in [-0.3, -0.25) is 10.2 Å². The molecule has 2 heterocycles. The summed E-state index contributed by atoms with van der Waals surface area (Å²) >= 11 is 1.43. The molecule has 1 fully saturated rings. The number of nitrogens with one attached hydrogen (secondary N) is 3. The third kappa shape index (κ3) is 3.16. The highest BCUT2D eigenvalue weighted by Crippen LogP contribution is 2.27. The van der Waals surface area contributed by atoms with Crippen LogP contribution in [0.25, 0.3) is 0 Å². The number of amides is 1. The van der Waals surface area contributed by atoms with Crippen LogP contribution in [0.4, 0.5) is 5.13 Å². The Balaban J connectivity index is 1.70. The number of nitrogens with zero attached hydrogens (tertiary/aromatic N) is 2. The molecule has 1 saturated heterocycles. The minimum atomic E-state index is -0.186. The van der Waals surface area contributed by atoms with E-state index in [1.165, 1.54) is 11.3 Å². The Hall–Kier alpha value is -1.83. The molecule has 2 unspecified atom stereocenters. The smallest absolute Gasteiger partial charge is 0.232 e. The number of anilines is 1. The van der Waals surface area contributed by atoms with E-state index in [1.54, 1.807) is 0 Å². The average Bonchev–Trinajstić information content (AvgIpc) is 3.17. The molecular formula is C15H19N5OS. The van der Waals surface area contributed by atoms with Gasteiger partial charge in [-0.05, 0) is 5.56 Å². The molecule has 2 aromatic rings. The molecule has 116 valence electrons. The van der Waals surface area contributed by atoms with Crippen LogP contribution < -0.4 is 16.2 Å². The van der Waals surface area contributed by atoms with Crippen molar-refractivity contribution in [3.8, 4) is 0 Å². The normalized spacial score (nSPS) is 21.2. The molecular weight excluding hydrogens is 298 g/mol. The van der Waals surface area contributed by atoms with E-state index in [4.69, 9.17) is 0 Å². The van der Waals surface area contributed by atoms with Crippen LogP contribution in [-0.2, 0) is 4.79 Å². The fourth-order valence-corrected chi connectivity index (χ4v) is 3.18. The summed E-state index contributed by atoms with van der Waals surface area (Å²) in [5.74, 6) is 0.0849. The van der Waals surface area contributed by atoms with Crippen LogP contribution >= 0.6 is 11.3 Å². The average molecular weight is 317 g/mol. The number of hydrazine groups is 1. The summed E-state index contributed by atoms with van der Waals surface area (Å²) in [6.45, 7) is 4.70. The number of carbonyl (C=O) groups excluding carboxylic acids is 1. The van der Waals surface area contributed by atoms with Crippen molar-refractivity contribution in [3.63, 3.8) is 0 Å². The summed E-state index contributed by atoms with van der Waals surface area (Å²) in [5, 5.41) is 12.5. The Labute approximate surface area is 133 Å². The Kier molecular flexibility index (Phi) is 4.47. The highest BCUT2D eigenvalue weighted by atomic mass is 32.1. The van der Waals surface area contributed by atoms with Crippen LogP contribution in [0.1, 0.15) is 36.4 Å². The molecule has 6 nitrogen and oxygen atoms in total. The molecule has 1 aliphatic heterocycles.